The number of amides is 1. The van der Waals surface area contributed by atoms with E-state index in [-0.39, 0.29) is 11.5 Å². The SMILES string of the molecule is Cc1nc2c(c(=O)[nH]1)CN(C(=O)C[C@@H]1CCCOC1)C2. The number of aromatic amines is 1. The summed E-state index contributed by atoms with van der Waals surface area (Å²) in [4.78, 5) is 32.9. The molecule has 0 saturated carbocycles. The van der Waals surface area contributed by atoms with Crippen LogP contribution in [0.15, 0.2) is 4.79 Å². The average molecular weight is 277 g/mol. The summed E-state index contributed by atoms with van der Waals surface area (Å²) in [5, 5.41) is 0. The molecule has 1 aromatic rings. The molecule has 0 aromatic carbocycles. The van der Waals surface area contributed by atoms with Crippen molar-refractivity contribution in [3.8, 4) is 0 Å². The predicted molar refractivity (Wildman–Crippen MR) is 72.0 cm³/mol. The van der Waals surface area contributed by atoms with E-state index in [1.807, 2.05) is 0 Å². The lowest BCUT2D eigenvalue weighted by molar-refractivity contribution is -0.133. The molecule has 1 saturated heterocycles. The van der Waals surface area contributed by atoms with Crippen molar-refractivity contribution >= 4 is 5.91 Å². The molecule has 2 aliphatic rings. The van der Waals surface area contributed by atoms with Gasteiger partial charge in [-0.05, 0) is 25.7 Å². The highest BCUT2D eigenvalue weighted by Crippen LogP contribution is 2.22. The Labute approximate surface area is 117 Å². The molecule has 2 aliphatic heterocycles. The van der Waals surface area contributed by atoms with E-state index in [9.17, 15) is 9.59 Å². The molecule has 6 heteroatoms. The van der Waals surface area contributed by atoms with Crippen LogP contribution in [0.2, 0.25) is 0 Å². The number of fused-ring (bicyclic) bond motifs is 1. The summed E-state index contributed by atoms with van der Waals surface area (Å²) < 4.78 is 5.40. The second-order valence-corrected chi connectivity index (χ2v) is 5.61. The van der Waals surface area contributed by atoms with Gasteiger partial charge in [-0.3, -0.25) is 9.59 Å². The normalized spacial score (nSPS) is 21.9. The van der Waals surface area contributed by atoms with Crippen molar-refractivity contribution in [3.05, 3.63) is 27.4 Å². The third-order valence-corrected chi connectivity index (χ3v) is 3.98. The fraction of sp³-hybridized carbons (Fsp3) is 0.643. The Balaban J connectivity index is 1.67. The summed E-state index contributed by atoms with van der Waals surface area (Å²) in [5.74, 6) is 1.01. The molecule has 0 aliphatic carbocycles. The first-order chi connectivity index (χ1) is 9.63. The summed E-state index contributed by atoms with van der Waals surface area (Å²) in [7, 11) is 0. The highest BCUT2D eigenvalue weighted by molar-refractivity contribution is 5.77. The van der Waals surface area contributed by atoms with Gasteiger partial charge in [0.05, 0.1) is 24.3 Å². The van der Waals surface area contributed by atoms with Crippen LogP contribution in [0, 0.1) is 12.8 Å². The minimum absolute atomic E-state index is 0.0931. The van der Waals surface area contributed by atoms with Crippen LogP contribution >= 0.6 is 0 Å². The van der Waals surface area contributed by atoms with Crippen LogP contribution in [0.3, 0.4) is 0 Å². The highest BCUT2D eigenvalue weighted by Gasteiger charge is 2.29. The first-order valence-electron chi connectivity index (χ1n) is 7.07. The zero-order valence-electron chi connectivity index (χ0n) is 11.6. The minimum Gasteiger partial charge on any atom is -0.381 e. The van der Waals surface area contributed by atoms with Gasteiger partial charge < -0.3 is 14.6 Å². The van der Waals surface area contributed by atoms with Gasteiger partial charge in [0.1, 0.15) is 5.82 Å². The van der Waals surface area contributed by atoms with E-state index in [0.29, 0.717) is 43.4 Å². The Kier molecular flexibility index (Phi) is 3.56. The van der Waals surface area contributed by atoms with Crippen LogP contribution in [-0.2, 0) is 22.6 Å². The zero-order chi connectivity index (χ0) is 14.1. The van der Waals surface area contributed by atoms with Gasteiger partial charge in [0, 0.05) is 19.6 Å². The standard InChI is InChI=1S/C14H19N3O3/c1-9-15-12-7-17(6-11(12)14(19)16-9)13(18)5-10-3-2-4-20-8-10/h10H,2-8H2,1H3,(H,15,16,19)/t10-/m0/s1. The van der Waals surface area contributed by atoms with E-state index in [1.54, 1.807) is 11.8 Å². The lowest BCUT2D eigenvalue weighted by Gasteiger charge is -2.24. The van der Waals surface area contributed by atoms with Gasteiger partial charge in [0.2, 0.25) is 5.91 Å². The van der Waals surface area contributed by atoms with E-state index in [2.05, 4.69) is 9.97 Å². The van der Waals surface area contributed by atoms with E-state index >= 15 is 0 Å². The van der Waals surface area contributed by atoms with Gasteiger partial charge in [-0.15, -0.1) is 0 Å². The number of aromatic nitrogens is 2. The quantitative estimate of drug-likeness (QED) is 0.865. The van der Waals surface area contributed by atoms with Crippen LogP contribution < -0.4 is 5.56 Å². The largest absolute Gasteiger partial charge is 0.381 e. The maximum Gasteiger partial charge on any atom is 0.256 e. The molecular formula is C14H19N3O3. The number of nitrogens with zero attached hydrogens (tertiary/aromatic N) is 2. The first-order valence-corrected chi connectivity index (χ1v) is 7.07. The van der Waals surface area contributed by atoms with Crippen LogP contribution in [0.4, 0.5) is 0 Å². The number of carbonyl (C=O) groups is 1. The van der Waals surface area contributed by atoms with Gasteiger partial charge in [0.25, 0.3) is 5.56 Å². The summed E-state index contributed by atoms with van der Waals surface area (Å²) in [6.45, 7) is 4.06. The molecule has 0 radical (unpaired) electrons. The monoisotopic (exact) mass is 277 g/mol. The Morgan fingerprint density at radius 3 is 3.10 bits per heavy atom. The molecule has 1 aromatic heterocycles. The summed E-state index contributed by atoms with van der Waals surface area (Å²) in [6, 6.07) is 0. The summed E-state index contributed by atoms with van der Waals surface area (Å²) in [5.41, 5.74) is 1.24. The fourth-order valence-corrected chi connectivity index (χ4v) is 2.91. The van der Waals surface area contributed by atoms with Crippen molar-refractivity contribution in [1.82, 2.24) is 14.9 Å². The molecule has 1 amide bonds. The van der Waals surface area contributed by atoms with Crippen molar-refractivity contribution in [2.75, 3.05) is 13.2 Å². The third-order valence-electron chi connectivity index (χ3n) is 3.98. The molecule has 20 heavy (non-hydrogen) atoms. The molecule has 0 spiro atoms. The Hall–Kier alpha value is -1.69. The fourth-order valence-electron chi connectivity index (χ4n) is 2.91. The number of rotatable bonds is 2. The lowest BCUT2D eigenvalue weighted by atomic mass is 9.98. The highest BCUT2D eigenvalue weighted by atomic mass is 16.5. The number of nitrogens with one attached hydrogen (secondary N) is 1. The lowest BCUT2D eigenvalue weighted by Crippen LogP contribution is -2.30. The molecule has 0 bridgehead atoms. The Morgan fingerprint density at radius 1 is 1.50 bits per heavy atom. The number of hydrogen-bond donors (Lipinski definition) is 1. The van der Waals surface area contributed by atoms with Gasteiger partial charge in [-0.2, -0.15) is 0 Å². The Morgan fingerprint density at radius 2 is 2.35 bits per heavy atom. The van der Waals surface area contributed by atoms with E-state index < -0.39 is 0 Å². The Bertz CT molecular complexity index is 576. The van der Waals surface area contributed by atoms with Crippen molar-refractivity contribution in [1.29, 1.82) is 0 Å². The number of H-pyrrole nitrogens is 1. The smallest absolute Gasteiger partial charge is 0.256 e. The van der Waals surface area contributed by atoms with Crippen LogP contribution in [-0.4, -0.2) is 34.0 Å². The van der Waals surface area contributed by atoms with Crippen LogP contribution in [0.1, 0.15) is 36.3 Å². The van der Waals surface area contributed by atoms with Crippen molar-refractivity contribution in [2.45, 2.75) is 39.3 Å². The third kappa shape index (κ3) is 2.60. The molecule has 1 atom stereocenters. The first kappa shape index (κ1) is 13.3. The predicted octanol–water partition coefficient (Wildman–Crippen LogP) is 0.737. The van der Waals surface area contributed by atoms with Gasteiger partial charge in [0.15, 0.2) is 0 Å². The minimum atomic E-state index is -0.121. The topological polar surface area (TPSA) is 75.3 Å². The average Bonchev–Trinajstić information content (AvgIpc) is 2.84. The number of aryl methyl sites for hydroxylation is 1. The molecule has 3 rings (SSSR count). The van der Waals surface area contributed by atoms with E-state index in [1.165, 1.54) is 0 Å². The molecule has 3 heterocycles. The maximum atomic E-state index is 12.3. The molecular weight excluding hydrogens is 258 g/mol. The molecule has 1 fully saturated rings. The number of carbonyl (C=O) groups excluding carboxylic acids is 1. The van der Waals surface area contributed by atoms with Crippen molar-refractivity contribution < 1.29 is 9.53 Å². The molecule has 0 unspecified atom stereocenters. The van der Waals surface area contributed by atoms with Crippen molar-refractivity contribution in [3.63, 3.8) is 0 Å². The van der Waals surface area contributed by atoms with Gasteiger partial charge in [-0.1, -0.05) is 0 Å². The van der Waals surface area contributed by atoms with Crippen LogP contribution in [0.25, 0.3) is 0 Å². The molecule has 1 N–H and O–H groups in total. The summed E-state index contributed by atoms with van der Waals surface area (Å²) in [6.07, 6.45) is 2.58. The molecule has 108 valence electrons. The van der Waals surface area contributed by atoms with Gasteiger partial charge in [-0.25, -0.2) is 4.98 Å². The van der Waals surface area contributed by atoms with E-state index in [4.69, 9.17) is 4.74 Å². The zero-order valence-corrected chi connectivity index (χ0v) is 11.6. The second kappa shape index (κ2) is 5.36. The molecule has 6 nitrogen and oxygen atoms in total. The van der Waals surface area contributed by atoms with E-state index in [0.717, 1.165) is 25.1 Å². The maximum absolute atomic E-state index is 12.3. The van der Waals surface area contributed by atoms with Gasteiger partial charge >= 0.3 is 0 Å². The second-order valence-electron chi connectivity index (χ2n) is 5.61. The van der Waals surface area contributed by atoms with Crippen LogP contribution in [0.5, 0.6) is 0 Å². The number of ether oxygens (including phenoxy) is 1. The summed E-state index contributed by atoms with van der Waals surface area (Å²) >= 11 is 0. The number of hydrogen-bond acceptors (Lipinski definition) is 4. The van der Waals surface area contributed by atoms with Crippen molar-refractivity contribution in [2.24, 2.45) is 5.92 Å².